The molecule has 3 rings (SSSR count). The van der Waals surface area contributed by atoms with Crippen molar-refractivity contribution in [2.45, 2.75) is 0 Å². The quantitative estimate of drug-likeness (QED) is 0.640. The van der Waals surface area contributed by atoms with E-state index in [4.69, 9.17) is 9.57 Å². The fourth-order valence-corrected chi connectivity index (χ4v) is 2.29. The van der Waals surface area contributed by atoms with E-state index in [9.17, 15) is 4.79 Å². The third-order valence-electron chi connectivity index (χ3n) is 3.42. The zero-order chi connectivity index (χ0) is 16.1. The fraction of sp³-hybridized carbons (Fsp3) is 0.0526. The van der Waals surface area contributed by atoms with E-state index in [1.54, 1.807) is 19.3 Å². The summed E-state index contributed by atoms with van der Waals surface area (Å²) in [5, 5.41) is 3.87. The summed E-state index contributed by atoms with van der Waals surface area (Å²) < 4.78 is 5.29. The lowest BCUT2D eigenvalue weighted by Crippen LogP contribution is -2.06. The highest BCUT2D eigenvalue weighted by Crippen LogP contribution is 2.20. The predicted octanol–water partition coefficient (Wildman–Crippen LogP) is 3.60. The van der Waals surface area contributed by atoms with Gasteiger partial charge in [-0.2, -0.15) is 0 Å². The van der Waals surface area contributed by atoms with Crippen LogP contribution in [0.5, 0.6) is 5.75 Å². The molecule has 0 bridgehead atoms. The lowest BCUT2D eigenvalue weighted by Gasteiger charge is -2.02. The Hall–Kier alpha value is -3.14. The van der Waals surface area contributed by atoms with Crippen LogP contribution in [0.1, 0.15) is 11.1 Å². The highest BCUT2D eigenvalue weighted by Gasteiger charge is 2.25. The summed E-state index contributed by atoms with van der Waals surface area (Å²) in [5.74, 6) is 0.321. The van der Waals surface area contributed by atoms with Crippen molar-refractivity contribution in [2.24, 2.45) is 5.16 Å². The maximum Gasteiger partial charge on any atom is 0.368 e. The van der Waals surface area contributed by atoms with Crippen LogP contribution < -0.4 is 4.74 Å². The Bertz CT molecular complexity index is 804. The standard InChI is InChI=1S/C19H15NO3/c1-22-17-13-6-5-8-14(17)11-7-12-16-18(20-23-19(16)21)15-9-3-2-4-10-15/h2-13H,1H3/b11-7+,16-12-. The zero-order valence-corrected chi connectivity index (χ0v) is 12.6. The van der Waals surface area contributed by atoms with Gasteiger partial charge < -0.3 is 9.57 Å². The molecular formula is C19H15NO3. The van der Waals surface area contributed by atoms with Crippen LogP contribution in [0.3, 0.4) is 0 Å². The van der Waals surface area contributed by atoms with Crippen molar-refractivity contribution in [2.75, 3.05) is 7.11 Å². The Kier molecular flexibility index (Phi) is 4.34. The van der Waals surface area contributed by atoms with Crippen LogP contribution in [0.15, 0.2) is 77.5 Å². The number of para-hydroxylation sites is 1. The smallest absolute Gasteiger partial charge is 0.368 e. The molecule has 1 heterocycles. The third-order valence-corrected chi connectivity index (χ3v) is 3.42. The van der Waals surface area contributed by atoms with E-state index < -0.39 is 5.97 Å². The Morgan fingerprint density at radius 3 is 2.57 bits per heavy atom. The molecule has 1 aliphatic rings. The highest BCUT2D eigenvalue weighted by atomic mass is 16.7. The molecule has 0 unspecified atom stereocenters. The summed E-state index contributed by atoms with van der Waals surface area (Å²) in [5.41, 5.74) is 2.74. The first-order chi connectivity index (χ1) is 11.3. The van der Waals surface area contributed by atoms with Gasteiger partial charge in [0.15, 0.2) is 0 Å². The lowest BCUT2D eigenvalue weighted by atomic mass is 10.0. The number of hydrogen-bond donors (Lipinski definition) is 0. The highest BCUT2D eigenvalue weighted by molar-refractivity contribution is 6.29. The number of carbonyl (C=O) groups excluding carboxylic acids is 1. The van der Waals surface area contributed by atoms with E-state index in [0.29, 0.717) is 11.3 Å². The van der Waals surface area contributed by atoms with E-state index in [1.165, 1.54) is 0 Å². The first-order valence-corrected chi connectivity index (χ1v) is 7.16. The first-order valence-electron chi connectivity index (χ1n) is 7.16. The topological polar surface area (TPSA) is 47.9 Å². The molecular weight excluding hydrogens is 290 g/mol. The van der Waals surface area contributed by atoms with Crippen LogP contribution in [0.25, 0.3) is 6.08 Å². The number of carbonyl (C=O) groups is 1. The van der Waals surface area contributed by atoms with Crippen LogP contribution >= 0.6 is 0 Å². The normalized spacial score (nSPS) is 15.8. The van der Waals surface area contributed by atoms with Gasteiger partial charge in [0.1, 0.15) is 11.5 Å². The molecule has 4 nitrogen and oxygen atoms in total. The summed E-state index contributed by atoms with van der Waals surface area (Å²) in [4.78, 5) is 16.7. The van der Waals surface area contributed by atoms with E-state index in [2.05, 4.69) is 5.16 Å². The van der Waals surface area contributed by atoms with Crippen molar-refractivity contribution in [1.82, 2.24) is 0 Å². The average molecular weight is 305 g/mol. The van der Waals surface area contributed by atoms with Gasteiger partial charge in [0, 0.05) is 11.1 Å². The molecule has 23 heavy (non-hydrogen) atoms. The molecule has 0 fully saturated rings. The van der Waals surface area contributed by atoms with Crippen LogP contribution in [0, 0.1) is 0 Å². The van der Waals surface area contributed by atoms with Gasteiger partial charge in [-0.15, -0.1) is 0 Å². The molecule has 0 spiro atoms. The van der Waals surface area contributed by atoms with Crippen molar-refractivity contribution in [3.63, 3.8) is 0 Å². The van der Waals surface area contributed by atoms with Crippen LogP contribution in [0.4, 0.5) is 0 Å². The molecule has 4 heteroatoms. The third kappa shape index (κ3) is 3.21. The number of methoxy groups -OCH3 is 1. The monoisotopic (exact) mass is 305 g/mol. The summed E-state index contributed by atoms with van der Waals surface area (Å²) in [6.45, 7) is 0. The minimum absolute atomic E-state index is 0.433. The summed E-state index contributed by atoms with van der Waals surface area (Å²) >= 11 is 0. The van der Waals surface area contributed by atoms with Crippen LogP contribution in [-0.4, -0.2) is 18.8 Å². The molecule has 1 aliphatic heterocycles. The number of hydrogen-bond acceptors (Lipinski definition) is 4. The van der Waals surface area contributed by atoms with E-state index in [1.807, 2.05) is 60.7 Å². The SMILES string of the molecule is COc1ccccc1/C=C/C=C1\C(=O)ON=C1c1ccccc1. The second-order valence-corrected chi connectivity index (χ2v) is 4.87. The van der Waals surface area contributed by atoms with Crippen molar-refractivity contribution >= 4 is 17.8 Å². The Labute approximate surface area is 134 Å². The van der Waals surface area contributed by atoms with Gasteiger partial charge in [0.25, 0.3) is 0 Å². The number of oxime groups is 1. The molecule has 0 amide bonds. The Morgan fingerprint density at radius 2 is 1.78 bits per heavy atom. The van der Waals surface area contributed by atoms with Gasteiger partial charge in [-0.1, -0.05) is 65.8 Å². The van der Waals surface area contributed by atoms with Gasteiger partial charge in [0.2, 0.25) is 0 Å². The van der Waals surface area contributed by atoms with E-state index in [0.717, 1.165) is 16.9 Å². The van der Waals surface area contributed by atoms with Gasteiger partial charge in [0.05, 0.1) is 12.7 Å². The molecule has 2 aromatic carbocycles. The Morgan fingerprint density at radius 1 is 1.04 bits per heavy atom. The summed E-state index contributed by atoms with van der Waals surface area (Å²) in [7, 11) is 1.62. The molecule has 0 saturated carbocycles. The van der Waals surface area contributed by atoms with E-state index in [-0.39, 0.29) is 0 Å². The molecule has 0 saturated heterocycles. The fourth-order valence-electron chi connectivity index (χ4n) is 2.29. The average Bonchev–Trinajstić information content (AvgIpc) is 2.97. The van der Waals surface area contributed by atoms with Gasteiger partial charge in [-0.05, 0) is 12.1 Å². The summed E-state index contributed by atoms with van der Waals surface area (Å²) in [6, 6.07) is 17.1. The molecule has 0 atom stereocenters. The van der Waals surface area contributed by atoms with Crippen molar-refractivity contribution in [3.8, 4) is 5.75 Å². The summed E-state index contributed by atoms with van der Waals surface area (Å²) in [6.07, 6.45) is 5.37. The van der Waals surface area contributed by atoms with Crippen molar-refractivity contribution in [3.05, 3.63) is 83.4 Å². The number of benzene rings is 2. The minimum Gasteiger partial charge on any atom is -0.496 e. The maximum atomic E-state index is 11.9. The zero-order valence-electron chi connectivity index (χ0n) is 12.6. The molecule has 0 N–H and O–H groups in total. The lowest BCUT2D eigenvalue weighted by molar-refractivity contribution is -0.136. The second kappa shape index (κ2) is 6.75. The molecule has 2 aromatic rings. The minimum atomic E-state index is -0.450. The molecule has 0 aromatic heterocycles. The van der Waals surface area contributed by atoms with Crippen LogP contribution in [-0.2, 0) is 9.63 Å². The second-order valence-electron chi connectivity index (χ2n) is 4.87. The number of nitrogens with zero attached hydrogens (tertiary/aromatic N) is 1. The van der Waals surface area contributed by atoms with E-state index >= 15 is 0 Å². The molecule has 114 valence electrons. The molecule has 0 radical (unpaired) electrons. The predicted molar refractivity (Wildman–Crippen MR) is 89.2 cm³/mol. The Balaban J connectivity index is 1.87. The van der Waals surface area contributed by atoms with Crippen molar-refractivity contribution in [1.29, 1.82) is 0 Å². The largest absolute Gasteiger partial charge is 0.496 e. The van der Waals surface area contributed by atoms with Gasteiger partial charge >= 0.3 is 5.97 Å². The van der Waals surface area contributed by atoms with Gasteiger partial charge in [-0.3, -0.25) is 0 Å². The van der Waals surface area contributed by atoms with Crippen LogP contribution in [0.2, 0.25) is 0 Å². The molecule has 0 aliphatic carbocycles. The number of allylic oxidation sites excluding steroid dienone is 2. The first kappa shape index (κ1) is 14.8. The number of ether oxygens (including phenoxy) is 1. The van der Waals surface area contributed by atoms with Crippen molar-refractivity contribution < 1.29 is 14.4 Å². The number of rotatable bonds is 4. The maximum absolute atomic E-state index is 11.9. The van der Waals surface area contributed by atoms with Gasteiger partial charge in [-0.25, -0.2) is 4.79 Å².